The van der Waals surface area contributed by atoms with Crippen LogP contribution < -0.4 is 5.73 Å². The van der Waals surface area contributed by atoms with Gasteiger partial charge in [0.1, 0.15) is 4.90 Å². The highest BCUT2D eigenvalue weighted by atomic mass is 32.2. The fourth-order valence-electron chi connectivity index (χ4n) is 1.97. The van der Waals surface area contributed by atoms with Crippen molar-refractivity contribution in [2.24, 2.45) is 0 Å². The summed E-state index contributed by atoms with van der Waals surface area (Å²) in [7, 11) is -3.57. The first kappa shape index (κ1) is 14.5. The van der Waals surface area contributed by atoms with Crippen LogP contribution in [0.4, 0.5) is 5.69 Å². The number of nitrogen functional groups attached to an aromatic ring is 1. The Bertz CT molecular complexity index is 694. The fourth-order valence-corrected chi connectivity index (χ4v) is 3.52. The Morgan fingerprint density at radius 1 is 1.35 bits per heavy atom. The number of benzene rings is 1. The van der Waals surface area contributed by atoms with Crippen LogP contribution in [-0.2, 0) is 16.6 Å². The summed E-state index contributed by atoms with van der Waals surface area (Å²) in [6.45, 7) is 4.09. The molecule has 7 heteroatoms. The molecular weight excluding hydrogens is 276 g/mol. The number of sulfonamides is 1. The van der Waals surface area contributed by atoms with Crippen LogP contribution in [0.2, 0.25) is 0 Å². The predicted molar refractivity (Wildman–Crippen MR) is 77.4 cm³/mol. The molecule has 2 rings (SSSR count). The average Bonchev–Trinajstić information content (AvgIpc) is 2.84. The summed E-state index contributed by atoms with van der Waals surface area (Å²) < 4.78 is 26.6. The Labute approximate surface area is 118 Å². The molecule has 3 N–H and O–H groups in total. The highest BCUT2D eigenvalue weighted by Gasteiger charge is 2.26. The predicted octanol–water partition coefficient (Wildman–Crippen LogP) is 1.51. The second kappa shape index (κ2) is 5.64. The van der Waals surface area contributed by atoms with Crippen LogP contribution in [0.1, 0.15) is 18.2 Å². The van der Waals surface area contributed by atoms with Gasteiger partial charge >= 0.3 is 0 Å². The number of H-pyrrole nitrogens is 1. The second-order valence-electron chi connectivity index (χ2n) is 4.49. The number of aromatic nitrogens is 2. The lowest BCUT2D eigenvalue weighted by Crippen LogP contribution is -2.31. The van der Waals surface area contributed by atoms with Gasteiger partial charge in [-0.1, -0.05) is 25.1 Å². The van der Waals surface area contributed by atoms with Gasteiger partial charge in [0.2, 0.25) is 10.0 Å². The van der Waals surface area contributed by atoms with Crippen LogP contribution in [0.25, 0.3) is 0 Å². The molecule has 1 aromatic carbocycles. The minimum Gasteiger partial charge on any atom is -0.398 e. The van der Waals surface area contributed by atoms with E-state index in [0.29, 0.717) is 17.9 Å². The van der Waals surface area contributed by atoms with Gasteiger partial charge in [-0.2, -0.15) is 9.40 Å². The first-order valence-corrected chi connectivity index (χ1v) is 7.74. The van der Waals surface area contributed by atoms with E-state index in [9.17, 15) is 8.42 Å². The monoisotopic (exact) mass is 294 g/mol. The first-order chi connectivity index (χ1) is 9.46. The molecule has 0 aliphatic rings. The van der Waals surface area contributed by atoms with Gasteiger partial charge in [-0.15, -0.1) is 0 Å². The molecular formula is C13H18N4O2S. The van der Waals surface area contributed by atoms with Gasteiger partial charge in [-0.05, 0) is 18.6 Å². The van der Waals surface area contributed by atoms with Crippen LogP contribution >= 0.6 is 0 Å². The standard InChI is InChI=1S/C13H18N4O2S/c1-3-17(9-11-6-4-5-7-12(11)14)20(18,19)13-8-15-16-10(13)2/h4-8H,3,9,14H2,1-2H3,(H,15,16). The quantitative estimate of drug-likeness (QED) is 0.818. The Hall–Kier alpha value is -1.86. The van der Waals surface area contributed by atoms with Crippen LogP contribution in [0, 0.1) is 6.92 Å². The third-order valence-electron chi connectivity index (χ3n) is 3.16. The molecule has 0 amide bonds. The Morgan fingerprint density at radius 3 is 2.60 bits per heavy atom. The van der Waals surface area contributed by atoms with Gasteiger partial charge in [0.25, 0.3) is 0 Å². The van der Waals surface area contributed by atoms with E-state index in [1.165, 1.54) is 10.5 Å². The maximum absolute atomic E-state index is 12.6. The maximum Gasteiger partial charge on any atom is 0.246 e. The SMILES string of the molecule is CCN(Cc1ccccc1N)S(=O)(=O)c1cn[nH]c1C. The number of rotatable bonds is 5. The van der Waals surface area contributed by atoms with E-state index in [1.807, 2.05) is 18.2 Å². The van der Waals surface area contributed by atoms with Crippen molar-refractivity contribution < 1.29 is 8.42 Å². The van der Waals surface area contributed by atoms with Crippen LogP contribution in [0.5, 0.6) is 0 Å². The molecule has 0 saturated carbocycles. The number of nitrogens with two attached hydrogens (primary N) is 1. The number of para-hydroxylation sites is 1. The second-order valence-corrected chi connectivity index (χ2v) is 6.40. The van der Waals surface area contributed by atoms with Crippen LogP contribution in [-0.4, -0.2) is 29.5 Å². The minimum absolute atomic E-state index is 0.203. The molecule has 2 aromatic rings. The Morgan fingerprint density at radius 2 is 2.05 bits per heavy atom. The molecule has 20 heavy (non-hydrogen) atoms. The summed E-state index contributed by atoms with van der Waals surface area (Å²) in [5.41, 5.74) is 7.79. The topological polar surface area (TPSA) is 92.1 Å². The minimum atomic E-state index is -3.57. The van der Waals surface area contributed by atoms with E-state index in [0.717, 1.165) is 5.56 Å². The average molecular weight is 294 g/mol. The molecule has 108 valence electrons. The zero-order valence-corrected chi connectivity index (χ0v) is 12.3. The third kappa shape index (κ3) is 2.68. The van der Waals surface area contributed by atoms with Crippen molar-refractivity contribution in [3.05, 3.63) is 41.7 Å². The maximum atomic E-state index is 12.6. The van der Waals surface area contributed by atoms with Crippen molar-refractivity contribution in [2.45, 2.75) is 25.3 Å². The molecule has 0 bridgehead atoms. The van der Waals surface area contributed by atoms with Crippen molar-refractivity contribution in [3.63, 3.8) is 0 Å². The molecule has 0 spiro atoms. The smallest absolute Gasteiger partial charge is 0.246 e. The van der Waals surface area contributed by atoms with Gasteiger partial charge in [0, 0.05) is 18.8 Å². The molecule has 6 nitrogen and oxygen atoms in total. The summed E-state index contributed by atoms with van der Waals surface area (Å²) in [6.07, 6.45) is 1.33. The fraction of sp³-hybridized carbons (Fsp3) is 0.308. The molecule has 0 aliphatic carbocycles. The highest BCUT2D eigenvalue weighted by molar-refractivity contribution is 7.89. The van der Waals surface area contributed by atoms with Crippen molar-refractivity contribution in [1.82, 2.24) is 14.5 Å². The van der Waals surface area contributed by atoms with E-state index in [1.54, 1.807) is 19.9 Å². The molecule has 0 radical (unpaired) electrons. The number of aryl methyl sites for hydroxylation is 1. The highest BCUT2D eigenvalue weighted by Crippen LogP contribution is 2.21. The van der Waals surface area contributed by atoms with Crippen molar-refractivity contribution >= 4 is 15.7 Å². The lowest BCUT2D eigenvalue weighted by molar-refractivity contribution is 0.423. The van der Waals surface area contributed by atoms with Gasteiger partial charge in [0.05, 0.1) is 11.9 Å². The van der Waals surface area contributed by atoms with Gasteiger partial charge < -0.3 is 5.73 Å². The molecule has 0 saturated heterocycles. The zero-order valence-electron chi connectivity index (χ0n) is 11.5. The molecule has 1 heterocycles. The summed E-state index contributed by atoms with van der Waals surface area (Å²) in [6, 6.07) is 7.26. The normalized spacial score (nSPS) is 11.9. The number of anilines is 1. The Balaban J connectivity index is 2.34. The lowest BCUT2D eigenvalue weighted by atomic mass is 10.2. The zero-order chi connectivity index (χ0) is 14.8. The number of nitrogens with one attached hydrogen (secondary N) is 1. The molecule has 0 atom stereocenters. The number of hydrogen-bond donors (Lipinski definition) is 2. The van der Waals surface area contributed by atoms with Crippen molar-refractivity contribution in [3.8, 4) is 0 Å². The summed E-state index contributed by atoms with van der Waals surface area (Å²) in [5, 5.41) is 6.42. The number of aromatic amines is 1. The van der Waals surface area contributed by atoms with E-state index in [-0.39, 0.29) is 11.4 Å². The summed E-state index contributed by atoms with van der Waals surface area (Å²) in [4.78, 5) is 0.203. The third-order valence-corrected chi connectivity index (χ3v) is 5.19. The number of nitrogens with zero attached hydrogens (tertiary/aromatic N) is 2. The van der Waals surface area contributed by atoms with Gasteiger partial charge in [0.15, 0.2) is 0 Å². The summed E-state index contributed by atoms with van der Waals surface area (Å²) in [5.74, 6) is 0. The largest absolute Gasteiger partial charge is 0.398 e. The van der Waals surface area contributed by atoms with E-state index < -0.39 is 10.0 Å². The van der Waals surface area contributed by atoms with E-state index in [4.69, 9.17) is 5.73 Å². The van der Waals surface area contributed by atoms with Crippen LogP contribution in [0.3, 0.4) is 0 Å². The lowest BCUT2D eigenvalue weighted by Gasteiger charge is -2.20. The first-order valence-electron chi connectivity index (χ1n) is 6.30. The van der Waals surface area contributed by atoms with E-state index >= 15 is 0 Å². The number of hydrogen-bond acceptors (Lipinski definition) is 4. The van der Waals surface area contributed by atoms with Crippen molar-refractivity contribution in [1.29, 1.82) is 0 Å². The summed E-state index contributed by atoms with van der Waals surface area (Å²) >= 11 is 0. The van der Waals surface area contributed by atoms with Crippen LogP contribution in [0.15, 0.2) is 35.4 Å². The van der Waals surface area contributed by atoms with Gasteiger partial charge in [-0.3, -0.25) is 5.10 Å². The molecule has 0 aliphatic heterocycles. The van der Waals surface area contributed by atoms with Crippen molar-refractivity contribution in [2.75, 3.05) is 12.3 Å². The van der Waals surface area contributed by atoms with Gasteiger partial charge in [-0.25, -0.2) is 8.42 Å². The van der Waals surface area contributed by atoms with E-state index in [2.05, 4.69) is 10.2 Å². The molecule has 1 aromatic heterocycles. The molecule has 0 unspecified atom stereocenters. The Kier molecular flexibility index (Phi) is 4.10. The molecule has 0 fully saturated rings.